The highest BCUT2D eigenvalue weighted by Gasteiger charge is 2.18. The summed E-state index contributed by atoms with van der Waals surface area (Å²) in [6.07, 6.45) is 1.51. The maximum absolute atomic E-state index is 4.51. The van der Waals surface area contributed by atoms with Crippen LogP contribution in [0.15, 0.2) is 77.2 Å². The van der Waals surface area contributed by atoms with E-state index in [1.807, 2.05) is 49.4 Å². The zero-order valence-electron chi connectivity index (χ0n) is 15.9. The molecule has 0 aliphatic heterocycles. The number of nitrogens with zero attached hydrogens (tertiary/aromatic N) is 7. The van der Waals surface area contributed by atoms with Crippen molar-refractivity contribution in [1.29, 1.82) is 0 Å². The molecule has 0 saturated carbocycles. The molecule has 142 valence electrons. The van der Waals surface area contributed by atoms with E-state index in [0.29, 0.717) is 5.78 Å². The lowest BCUT2D eigenvalue weighted by Gasteiger charge is -2.11. The Morgan fingerprint density at radius 1 is 0.897 bits per heavy atom. The predicted molar refractivity (Wildman–Crippen MR) is 111 cm³/mol. The molecule has 0 aliphatic carbocycles. The third-order valence-electron chi connectivity index (χ3n) is 4.47. The second-order valence-corrected chi connectivity index (χ2v) is 7.64. The SMILES string of the molecule is Cc1cccc(-n2c(Sc3cc(C)nc4ncnn34)nnc2-c2ccccc2)c1. The van der Waals surface area contributed by atoms with Gasteiger partial charge >= 0.3 is 0 Å². The molecule has 8 heteroatoms. The lowest BCUT2D eigenvalue weighted by atomic mass is 10.2. The van der Waals surface area contributed by atoms with Crippen LogP contribution in [-0.2, 0) is 0 Å². The summed E-state index contributed by atoms with van der Waals surface area (Å²) in [6, 6.07) is 20.4. The third-order valence-corrected chi connectivity index (χ3v) is 5.42. The van der Waals surface area contributed by atoms with Gasteiger partial charge in [-0.3, -0.25) is 4.57 Å². The minimum Gasteiger partial charge on any atom is -0.270 e. The first-order valence-electron chi connectivity index (χ1n) is 9.12. The lowest BCUT2D eigenvalue weighted by molar-refractivity contribution is 0.821. The van der Waals surface area contributed by atoms with Gasteiger partial charge in [-0.2, -0.15) is 14.6 Å². The molecular weight excluding hydrogens is 382 g/mol. The number of fused-ring (bicyclic) bond motifs is 1. The summed E-state index contributed by atoms with van der Waals surface area (Å²) in [5.74, 6) is 1.36. The van der Waals surface area contributed by atoms with E-state index in [1.165, 1.54) is 23.7 Å². The van der Waals surface area contributed by atoms with E-state index in [1.54, 1.807) is 4.52 Å². The van der Waals surface area contributed by atoms with Crippen LogP contribution in [0.4, 0.5) is 0 Å². The summed E-state index contributed by atoms with van der Waals surface area (Å²) in [7, 11) is 0. The van der Waals surface area contributed by atoms with Gasteiger partial charge in [-0.15, -0.1) is 10.2 Å². The van der Waals surface area contributed by atoms with Crippen LogP contribution in [-0.4, -0.2) is 34.3 Å². The summed E-state index contributed by atoms with van der Waals surface area (Å²) in [6.45, 7) is 4.02. The second kappa shape index (κ2) is 7.14. The van der Waals surface area contributed by atoms with Crippen LogP contribution in [0, 0.1) is 13.8 Å². The van der Waals surface area contributed by atoms with E-state index >= 15 is 0 Å². The van der Waals surface area contributed by atoms with Gasteiger partial charge < -0.3 is 0 Å². The van der Waals surface area contributed by atoms with Crippen molar-refractivity contribution in [2.45, 2.75) is 24.0 Å². The average Bonchev–Trinajstić information content (AvgIpc) is 3.35. The highest BCUT2D eigenvalue weighted by Crippen LogP contribution is 2.32. The number of hydrogen-bond acceptors (Lipinski definition) is 6. The van der Waals surface area contributed by atoms with Crippen LogP contribution in [0.5, 0.6) is 0 Å². The molecule has 0 bridgehead atoms. The van der Waals surface area contributed by atoms with Gasteiger partial charge in [0.05, 0.1) is 5.69 Å². The Morgan fingerprint density at radius 2 is 1.76 bits per heavy atom. The predicted octanol–water partition coefficient (Wildman–Crippen LogP) is 4.14. The fourth-order valence-corrected chi connectivity index (χ4v) is 4.17. The zero-order valence-corrected chi connectivity index (χ0v) is 16.7. The van der Waals surface area contributed by atoms with Crippen LogP contribution in [0.25, 0.3) is 22.9 Å². The lowest BCUT2D eigenvalue weighted by Crippen LogP contribution is -2.02. The Morgan fingerprint density at radius 3 is 2.59 bits per heavy atom. The third kappa shape index (κ3) is 3.27. The van der Waals surface area contributed by atoms with Gasteiger partial charge in [0.1, 0.15) is 11.4 Å². The Hall–Kier alpha value is -3.52. The number of aromatic nitrogens is 7. The van der Waals surface area contributed by atoms with Gasteiger partial charge in [0, 0.05) is 11.3 Å². The number of hydrogen-bond donors (Lipinski definition) is 0. The smallest absolute Gasteiger partial charge is 0.253 e. The van der Waals surface area contributed by atoms with Gasteiger partial charge in [-0.25, -0.2) is 4.98 Å². The van der Waals surface area contributed by atoms with Gasteiger partial charge in [0.25, 0.3) is 5.78 Å². The van der Waals surface area contributed by atoms with Crippen LogP contribution < -0.4 is 0 Å². The van der Waals surface area contributed by atoms with Crippen molar-refractivity contribution in [3.63, 3.8) is 0 Å². The normalized spacial score (nSPS) is 11.2. The van der Waals surface area contributed by atoms with E-state index in [4.69, 9.17) is 0 Å². The Balaban J connectivity index is 1.69. The molecule has 2 aromatic carbocycles. The van der Waals surface area contributed by atoms with Crippen molar-refractivity contribution in [3.05, 3.63) is 78.2 Å². The Bertz CT molecular complexity index is 1310. The maximum Gasteiger partial charge on any atom is 0.253 e. The van der Waals surface area contributed by atoms with Gasteiger partial charge in [0.15, 0.2) is 5.82 Å². The molecule has 5 rings (SSSR count). The minimum atomic E-state index is 0.567. The van der Waals surface area contributed by atoms with Crippen LogP contribution in [0.2, 0.25) is 0 Å². The molecule has 0 atom stereocenters. The van der Waals surface area contributed by atoms with E-state index in [9.17, 15) is 0 Å². The summed E-state index contributed by atoms with van der Waals surface area (Å²) in [4.78, 5) is 8.63. The topological polar surface area (TPSA) is 73.8 Å². The van der Waals surface area contributed by atoms with E-state index in [2.05, 4.69) is 55.0 Å². The highest BCUT2D eigenvalue weighted by atomic mass is 32.2. The van der Waals surface area contributed by atoms with Crippen molar-refractivity contribution in [2.75, 3.05) is 0 Å². The largest absolute Gasteiger partial charge is 0.270 e. The molecule has 3 heterocycles. The van der Waals surface area contributed by atoms with Crippen molar-refractivity contribution < 1.29 is 0 Å². The fourth-order valence-electron chi connectivity index (χ4n) is 3.17. The van der Waals surface area contributed by atoms with Crippen molar-refractivity contribution >= 4 is 17.5 Å². The summed E-state index contributed by atoms with van der Waals surface area (Å²) < 4.78 is 3.79. The Labute approximate surface area is 171 Å². The first-order valence-corrected chi connectivity index (χ1v) is 9.94. The molecule has 5 aromatic rings. The summed E-state index contributed by atoms with van der Waals surface area (Å²) in [5, 5.41) is 14.9. The van der Waals surface area contributed by atoms with Crippen LogP contribution >= 0.6 is 11.8 Å². The summed E-state index contributed by atoms with van der Waals surface area (Å²) >= 11 is 1.49. The molecule has 0 fully saturated rings. The quantitative estimate of drug-likeness (QED) is 0.423. The molecule has 0 unspecified atom stereocenters. The standard InChI is InChI=1S/C21H17N7S/c1-14-7-6-10-17(11-14)27-19(16-8-4-3-5-9-16)25-26-21(27)29-18-12-15(2)24-20-22-13-23-28(18)20/h3-13H,1-2H3. The number of aryl methyl sites for hydroxylation is 2. The fraction of sp³-hybridized carbons (Fsp3) is 0.0952. The second-order valence-electron chi connectivity index (χ2n) is 6.66. The van der Waals surface area contributed by atoms with Gasteiger partial charge in [-0.1, -0.05) is 42.5 Å². The first-order chi connectivity index (χ1) is 14.2. The monoisotopic (exact) mass is 399 g/mol. The molecule has 0 saturated heterocycles. The van der Waals surface area contributed by atoms with Crippen molar-refractivity contribution in [1.82, 2.24) is 34.3 Å². The van der Waals surface area contributed by atoms with Crippen LogP contribution in [0.3, 0.4) is 0 Å². The molecule has 0 spiro atoms. The van der Waals surface area contributed by atoms with Crippen molar-refractivity contribution in [2.24, 2.45) is 0 Å². The van der Waals surface area contributed by atoms with E-state index in [-0.39, 0.29) is 0 Å². The maximum atomic E-state index is 4.51. The zero-order chi connectivity index (χ0) is 19.8. The number of rotatable bonds is 4. The Kier molecular flexibility index (Phi) is 4.33. The molecule has 7 nitrogen and oxygen atoms in total. The van der Waals surface area contributed by atoms with E-state index < -0.39 is 0 Å². The highest BCUT2D eigenvalue weighted by molar-refractivity contribution is 7.99. The number of benzene rings is 2. The molecular formula is C21H17N7S. The van der Waals surface area contributed by atoms with E-state index in [0.717, 1.165) is 33.0 Å². The molecule has 0 N–H and O–H groups in total. The van der Waals surface area contributed by atoms with Crippen LogP contribution in [0.1, 0.15) is 11.3 Å². The minimum absolute atomic E-state index is 0.567. The van der Waals surface area contributed by atoms with Crippen molar-refractivity contribution in [3.8, 4) is 17.1 Å². The molecule has 29 heavy (non-hydrogen) atoms. The summed E-state index contributed by atoms with van der Waals surface area (Å²) in [5.41, 5.74) is 4.06. The molecule has 0 aliphatic rings. The average molecular weight is 399 g/mol. The van der Waals surface area contributed by atoms with Gasteiger partial charge in [0.2, 0.25) is 5.16 Å². The molecule has 0 amide bonds. The van der Waals surface area contributed by atoms with Gasteiger partial charge in [-0.05, 0) is 49.4 Å². The molecule has 0 radical (unpaired) electrons. The molecule has 3 aromatic heterocycles. The first kappa shape index (κ1) is 17.6.